The van der Waals surface area contributed by atoms with Gasteiger partial charge in [-0.25, -0.2) is 4.79 Å². The standard InChI is InChI=1S/C19H22N4O/c1-14(2)22-19(24)23-18-9-7-17(8-10-18)13-21-12-16-5-3-15(11-20)4-6-16/h3-10,14,21H,12-13H2,1-2H3,(H2,22,23,24). The fourth-order valence-corrected chi connectivity index (χ4v) is 2.18. The zero-order valence-corrected chi connectivity index (χ0v) is 14.0. The molecule has 0 aliphatic rings. The molecule has 5 nitrogen and oxygen atoms in total. The number of amides is 2. The Balaban J connectivity index is 1.79. The molecular weight excluding hydrogens is 300 g/mol. The molecule has 0 atom stereocenters. The molecule has 0 radical (unpaired) electrons. The number of carbonyl (C=O) groups excluding carboxylic acids is 1. The van der Waals surface area contributed by atoms with Crippen LogP contribution in [0.4, 0.5) is 10.5 Å². The Bertz CT molecular complexity index is 700. The van der Waals surface area contributed by atoms with E-state index in [9.17, 15) is 4.79 Å². The number of nitrogens with one attached hydrogen (secondary N) is 3. The second kappa shape index (κ2) is 8.70. The summed E-state index contributed by atoms with van der Waals surface area (Å²) in [4.78, 5) is 11.6. The molecular formula is C19H22N4O. The molecule has 0 unspecified atom stereocenters. The summed E-state index contributed by atoms with van der Waals surface area (Å²) in [6.07, 6.45) is 0. The minimum absolute atomic E-state index is 0.107. The van der Waals surface area contributed by atoms with Crippen LogP contribution in [0, 0.1) is 11.3 Å². The van der Waals surface area contributed by atoms with Crippen molar-refractivity contribution in [3.63, 3.8) is 0 Å². The molecule has 124 valence electrons. The Kier molecular flexibility index (Phi) is 6.35. The zero-order chi connectivity index (χ0) is 17.4. The first-order valence-corrected chi connectivity index (χ1v) is 7.93. The first-order chi connectivity index (χ1) is 11.6. The molecule has 0 saturated heterocycles. The highest BCUT2D eigenvalue weighted by atomic mass is 16.2. The third-order valence-corrected chi connectivity index (χ3v) is 3.37. The maximum absolute atomic E-state index is 11.6. The van der Waals surface area contributed by atoms with Crippen LogP contribution in [0.5, 0.6) is 0 Å². The fraction of sp³-hybridized carbons (Fsp3) is 0.263. The summed E-state index contributed by atoms with van der Waals surface area (Å²) in [5.74, 6) is 0. The molecule has 0 aliphatic heterocycles. The van der Waals surface area contributed by atoms with E-state index in [0.717, 1.165) is 29.9 Å². The normalized spacial score (nSPS) is 10.2. The lowest BCUT2D eigenvalue weighted by Crippen LogP contribution is -2.34. The Morgan fingerprint density at radius 1 is 1.00 bits per heavy atom. The second-order valence-corrected chi connectivity index (χ2v) is 5.86. The topological polar surface area (TPSA) is 77.0 Å². The number of rotatable bonds is 6. The van der Waals surface area contributed by atoms with Gasteiger partial charge in [-0.2, -0.15) is 5.26 Å². The van der Waals surface area contributed by atoms with Gasteiger partial charge in [0, 0.05) is 24.8 Å². The minimum Gasteiger partial charge on any atom is -0.336 e. The number of hydrogen-bond acceptors (Lipinski definition) is 3. The van der Waals surface area contributed by atoms with E-state index >= 15 is 0 Å². The van der Waals surface area contributed by atoms with Crippen LogP contribution >= 0.6 is 0 Å². The highest BCUT2D eigenvalue weighted by Crippen LogP contribution is 2.10. The van der Waals surface area contributed by atoms with Gasteiger partial charge in [0.15, 0.2) is 0 Å². The molecule has 3 N–H and O–H groups in total. The number of anilines is 1. The van der Waals surface area contributed by atoms with Crippen LogP contribution in [0.15, 0.2) is 48.5 Å². The molecule has 0 fully saturated rings. The summed E-state index contributed by atoms with van der Waals surface area (Å²) in [5.41, 5.74) is 3.71. The predicted molar refractivity (Wildman–Crippen MR) is 95.4 cm³/mol. The van der Waals surface area contributed by atoms with Gasteiger partial charge >= 0.3 is 6.03 Å². The summed E-state index contributed by atoms with van der Waals surface area (Å²) in [6, 6.07) is 17.3. The second-order valence-electron chi connectivity index (χ2n) is 5.86. The lowest BCUT2D eigenvalue weighted by molar-refractivity contribution is 0.250. The molecule has 0 saturated carbocycles. The van der Waals surface area contributed by atoms with Gasteiger partial charge in [-0.1, -0.05) is 24.3 Å². The van der Waals surface area contributed by atoms with Crippen molar-refractivity contribution in [3.8, 4) is 6.07 Å². The molecule has 5 heteroatoms. The van der Waals surface area contributed by atoms with Crippen LogP contribution in [-0.4, -0.2) is 12.1 Å². The Labute approximate surface area is 142 Å². The first-order valence-electron chi connectivity index (χ1n) is 7.93. The van der Waals surface area contributed by atoms with Gasteiger partial charge in [0.1, 0.15) is 0 Å². The van der Waals surface area contributed by atoms with Crippen LogP contribution in [0.25, 0.3) is 0 Å². The van der Waals surface area contributed by atoms with Gasteiger partial charge in [-0.3, -0.25) is 0 Å². The maximum atomic E-state index is 11.6. The van der Waals surface area contributed by atoms with E-state index in [1.54, 1.807) is 0 Å². The first kappa shape index (κ1) is 17.5. The number of nitriles is 1. The van der Waals surface area contributed by atoms with E-state index in [1.807, 2.05) is 62.4 Å². The third-order valence-electron chi connectivity index (χ3n) is 3.37. The van der Waals surface area contributed by atoms with Crippen molar-refractivity contribution in [3.05, 3.63) is 65.2 Å². The summed E-state index contributed by atoms with van der Waals surface area (Å²) >= 11 is 0. The maximum Gasteiger partial charge on any atom is 0.319 e. The average Bonchev–Trinajstić information content (AvgIpc) is 2.56. The molecule has 0 aromatic heterocycles. The van der Waals surface area contributed by atoms with E-state index in [0.29, 0.717) is 5.56 Å². The third kappa shape index (κ3) is 5.75. The Morgan fingerprint density at radius 3 is 2.04 bits per heavy atom. The van der Waals surface area contributed by atoms with Crippen molar-refractivity contribution in [2.75, 3.05) is 5.32 Å². The number of urea groups is 1. The quantitative estimate of drug-likeness (QED) is 0.763. The molecule has 2 aromatic carbocycles. The minimum atomic E-state index is -0.198. The van der Waals surface area contributed by atoms with Crippen molar-refractivity contribution in [2.24, 2.45) is 0 Å². The van der Waals surface area contributed by atoms with Crippen LogP contribution in [0.1, 0.15) is 30.5 Å². The Morgan fingerprint density at radius 2 is 1.54 bits per heavy atom. The number of hydrogen-bond donors (Lipinski definition) is 3. The van der Waals surface area contributed by atoms with E-state index in [1.165, 1.54) is 0 Å². The van der Waals surface area contributed by atoms with Crippen molar-refractivity contribution in [1.82, 2.24) is 10.6 Å². The Hall–Kier alpha value is -2.84. The van der Waals surface area contributed by atoms with E-state index in [2.05, 4.69) is 22.0 Å². The number of carbonyl (C=O) groups is 1. The largest absolute Gasteiger partial charge is 0.336 e. The van der Waals surface area contributed by atoms with Crippen molar-refractivity contribution < 1.29 is 4.79 Å². The van der Waals surface area contributed by atoms with Gasteiger partial charge < -0.3 is 16.0 Å². The summed E-state index contributed by atoms with van der Waals surface area (Å²) in [7, 11) is 0. The van der Waals surface area contributed by atoms with Crippen LogP contribution in [0.3, 0.4) is 0 Å². The van der Waals surface area contributed by atoms with Crippen molar-refractivity contribution in [1.29, 1.82) is 5.26 Å². The molecule has 2 amide bonds. The predicted octanol–water partition coefficient (Wildman–Crippen LogP) is 3.38. The average molecular weight is 322 g/mol. The van der Waals surface area contributed by atoms with Gasteiger partial charge in [0.25, 0.3) is 0 Å². The monoisotopic (exact) mass is 322 g/mol. The smallest absolute Gasteiger partial charge is 0.319 e. The lowest BCUT2D eigenvalue weighted by Gasteiger charge is -2.11. The molecule has 0 aliphatic carbocycles. The SMILES string of the molecule is CC(C)NC(=O)Nc1ccc(CNCc2ccc(C#N)cc2)cc1. The molecule has 2 aromatic rings. The molecule has 0 spiro atoms. The fourth-order valence-electron chi connectivity index (χ4n) is 2.18. The van der Waals surface area contributed by atoms with Crippen LogP contribution < -0.4 is 16.0 Å². The van der Waals surface area contributed by atoms with Gasteiger partial charge in [-0.15, -0.1) is 0 Å². The summed E-state index contributed by atoms with van der Waals surface area (Å²) in [6.45, 7) is 5.31. The highest BCUT2D eigenvalue weighted by molar-refractivity contribution is 5.89. The summed E-state index contributed by atoms with van der Waals surface area (Å²) in [5, 5.41) is 17.7. The van der Waals surface area contributed by atoms with E-state index < -0.39 is 0 Å². The van der Waals surface area contributed by atoms with Crippen molar-refractivity contribution >= 4 is 11.7 Å². The van der Waals surface area contributed by atoms with Gasteiger partial charge in [0.05, 0.1) is 11.6 Å². The lowest BCUT2D eigenvalue weighted by atomic mass is 10.1. The van der Waals surface area contributed by atoms with Gasteiger partial charge in [-0.05, 0) is 49.2 Å². The molecule has 2 rings (SSSR count). The molecule has 0 heterocycles. The molecule has 0 bridgehead atoms. The molecule has 24 heavy (non-hydrogen) atoms. The van der Waals surface area contributed by atoms with Gasteiger partial charge in [0.2, 0.25) is 0 Å². The van der Waals surface area contributed by atoms with Crippen LogP contribution in [-0.2, 0) is 13.1 Å². The highest BCUT2D eigenvalue weighted by Gasteiger charge is 2.03. The van der Waals surface area contributed by atoms with E-state index in [-0.39, 0.29) is 12.1 Å². The summed E-state index contributed by atoms with van der Waals surface area (Å²) < 4.78 is 0. The van der Waals surface area contributed by atoms with E-state index in [4.69, 9.17) is 5.26 Å². The zero-order valence-electron chi connectivity index (χ0n) is 14.0. The number of nitrogens with zero attached hydrogens (tertiary/aromatic N) is 1. The number of benzene rings is 2. The van der Waals surface area contributed by atoms with Crippen molar-refractivity contribution in [2.45, 2.75) is 33.0 Å². The van der Waals surface area contributed by atoms with Crippen LogP contribution in [0.2, 0.25) is 0 Å².